The van der Waals surface area contributed by atoms with Gasteiger partial charge in [0.1, 0.15) is 5.92 Å². The highest BCUT2D eigenvalue weighted by atomic mass is 16.4. The Morgan fingerprint density at radius 2 is 2.15 bits per heavy atom. The quantitative estimate of drug-likeness (QED) is 0.382. The molecule has 0 radical (unpaired) electrons. The van der Waals surface area contributed by atoms with Crippen molar-refractivity contribution in [1.29, 1.82) is 0 Å². The highest BCUT2D eigenvalue weighted by molar-refractivity contribution is 6.07. The monoisotopic (exact) mass is 275 g/mol. The summed E-state index contributed by atoms with van der Waals surface area (Å²) in [7, 11) is 0. The Morgan fingerprint density at radius 1 is 1.45 bits per heavy atom. The van der Waals surface area contributed by atoms with Crippen LogP contribution in [-0.2, 0) is 4.79 Å². The minimum Gasteiger partial charge on any atom is -0.409 e. The maximum Gasteiger partial charge on any atom is 0.237 e. The Balaban J connectivity index is 2.25. The molecular formula is C15H21N3O2. The van der Waals surface area contributed by atoms with E-state index in [0.717, 1.165) is 31.5 Å². The minimum absolute atomic E-state index is 0.0561. The molecule has 5 nitrogen and oxygen atoms in total. The van der Waals surface area contributed by atoms with Crippen molar-refractivity contribution in [2.75, 3.05) is 13.1 Å². The van der Waals surface area contributed by atoms with Crippen LogP contribution >= 0.6 is 0 Å². The van der Waals surface area contributed by atoms with Gasteiger partial charge in [-0.05, 0) is 24.3 Å². The SMILES string of the molecule is CC1CCCN(C(=O)C(C(N)=NO)c2ccccc2)C1. The summed E-state index contributed by atoms with van der Waals surface area (Å²) in [5.41, 5.74) is 6.50. The highest BCUT2D eigenvalue weighted by Crippen LogP contribution is 2.23. The van der Waals surface area contributed by atoms with Crippen LogP contribution in [0.15, 0.2) is 35.5 Å². The number of piperidine rings is 1. The number of likely N-dealkylation sites (tertiary alicyclic amines) is 1. The molecule has 0 bridgehead atoms. The molecule has 5 heteroatoms. The van der Waals surface area contributed by atoms with Crippen molar-refractivity contribution in [1.82, 2.24) is 4.90 Å². The first-order valence-corrected chi connectivity index (χ1v) is 6.94. The minimum atomic E-state index is -0.702. The second kappa shape index (κ2) is 6.41. The van der Waals surface area contributed by atoms with E-state index in [1.165, 1.54) is 0 Å². The van der Waals surface area contributed by atoms with Gasteiger partial charge < -0.3 is 15.8 Å². The second-order valence-electron chi connectivity index (χ2n) is 5.40. The van der Waals surface area contributed by atoms with Crippen molar-refractivity contribution in [3.05, 3.63) is 35.9 Å². The van der Waals surface area contributed by atoms with Crippen LogP contribution in [-0.4, -0.2) is 34.9 Å². The Morgan fingerprint density at radius 3 is 2.75 bits per heavy atom. The van der Waals surface area contributed by atoms with Crippen molar-refractivity contribution in [2.24, 2.45) is 16.8 Å². The van der Waals surface area contributed by atoms with Gasteiger partial charge in [0.05, 0.1) is 0 Å². The molecule has 0 aromatic heterocycles. The van der Waals surface area contributed by atoms with Gasteiger partial charge in [-0.25, -0.2) is 0 Å². The standard InChI is InChI=1S/C15H21N3O2/c1-11-6-5-9-18(10-11)15(19)13(14(16)17-20)12-7-3-2-4-8-12/h2-4,7-8,11,13,20H,5-6,9-10H2,1H3,(H2,16,17). The molecule has 108 valence electrons. The van der Waals surface area contributed by atoms with Crippen molar-refractivity contribution >= 4 is 11.7 Å². The molecule has 2 unspecified atom stereocenters. The van der Waals surface area contributed by atoms with E-state index in [1.807, 2.05) is 35.2 Å². The van der Waals surface area contributed by atoms with E-state index in [0.29, 0.717) is 5.92 Å². The topological polar surface area (TPSA) is 78.9 Å². The molecule has 3 N–H and O–H groups in total. The zero-order chi connectivity index (χ0) is 14.5. The molecule has 2 atom stereocenters. The number of hydrogen-bond donors (Lipinski definition) is 2. The average Bonchev–Trinajstić information content (AvgIpc) is 2.48. The summed E-state index contributed by atoms with van der Waals surface area (Å²) in [6, 6.07) is 9.22. The van der Waals surface area contributed by atoms with E-state index in [9.17, 15) is 4.79 Å². The van der Waals surface area contributed by atoms with Crippen LogP contribution in [0.5, 0.6) is 0 Å². The van der Waals surface area contributed by atoms with Gasteiger partial charge in [0.15, 0.2) is 5.84 Å². The van der Waals surface area contributed by atoms with Crippen molar-refractivity contribution in [3.8, 4) is 0 Å². The van der Waals surface area contributed by atoms with Crippen molar-refractivity contribution in [2.45, 2.75) is 25.7 Å². The normalized spacial score (nSPS) is 21.6. The number of amides is 1. The molecule has 1 aromatic rings. The lowest BCUT2D eigenvalue weighted by molar-refractivity contribution is -0.133. The fourth-order valence-electron chi connectivity index (χ4n) is 2.72. The molecule has 20 heavy (non-hydrogen) atoms. The molecule has 2 rings (SSSR count). The summed E-state index contributed by atoms with van der Waals surface area (Å²) in [6.07, 6.45) is 2.15. The summed E-state index contributed by atoms with van der Waals surface area (Å²) in [6.45, 7) is 3.62. The van der Waals surface area contributed by atoms with Crippen LogP contribution in [0.1, 0.15) is 31.2 Å². The maximum atomic E-state index is 12.7. The van der Waals surface area contributed by atoms with Gasteiger partial charge in [-0.1, -0.05) is 42.4 Å². The molecule has 0 spiro atoms. The van der Waals surface area contributed by atoms with Crippen molar-refractivity contribution < 1.29 is 10.0 Å². The maximum absolute atomic E-state index is 12.7. The molecule has 1 aromatic carbocycles. The van der Waals surface area contributed by atoms with Gasteiger partial charge >= 0.3 is 0 Å². The average molecular weight is 275 g/mol. The van der Waals surface area contributed by atoms with Gasteiger partial charge in [-0.15, -0.1) is 0 Å². The lowest BCUT2D eigenvalue weighted by Crippen LogP contribution is -2.45. The van der Waals surface area contributed by atoms with Crippen LogP contribution < -0.4 is 5.73 Å². The summed E-state index contributed by atoms with van der Waals surface area (Å²) in [5.74, 6) is -0.347. The Labute approximate surface area is 119 Å². The molecule has 1 aliphatic heterocycles. The van der Waals surface area contributed by atoms with Crippen molar-refractivity contribution in [3.63, 3.8) is 0 Å². The van der Waals surface area contributed by atoms with Crippen LogP contribution in [0.4, 0.5) is 0 Å². The van der Waals surface area contributed by atoms with Gasteiger partial charge in [0.25, 0.3) is 0 Å². The number of carbonyl (C=O) groups excluding carboxylic acids is 1. The third-order valence-electron chi connectivity index (χ3n) is 3.76. The fourth-order valence-corrected chi connectivity index (χ4v) is 2.72. The molecule has 0 saturated carbocycles. The lowest BCUT2D eigenvalue weighted by atomic mass is 9.93. The molecule has 0 aliphatic carbocycles. The second-order valence-corrected chi connectivity index (χ2v) is 5.40. The molecule has 1 aliphatic rings. The van der Waals surface area contributed by atoms with Crippen LogP contribution in [0.2, 0.25) is 0 Å². The van der Waals surface area contributed by atoms with Crippen LogP contribution in [0, 0.1) is 5.92 Å². The van der Waals surface area contributed by atoms with Gasteiger partial charge in [-0.2, -0.15) is 0 Å². The number of hydrogen-bond acceptors (Lipinski definition) is 3. The first-order chi connectivity index (χ1) is 9.63. The van der Waals surface area contributed by atoms with Crippen LogP contribution in [0.3, 0.4) is 0 Å². The summed E-state index contributed by atoms with van der Waals surface area (Å²) in [4.78, 5) is 14.5. The lowest BCUT2D eigenvalue weighted by Gasteiger charge is -2.33. The zero-order valence-corrected chi connectivity index (χ0v) is 11.7. The van der Waals surface area contributed by atoms with E-state index < -0.39 is 5.92 Å². The predicted octanol–water partition coefficient (Wildman–Crippen LogP) is 1.78. The molecular weight excluding hydrogens is 254 g/mol. The van der Waals surface area contributed by atoms with Gasteiger partial charge in [0.2, 0.25) is 5.91 Å². The summed E-state index contributed by atoms with van der Waals surface area (Å²) in [5, 5.41) is 12.0. The van der Waals surface area contributed by atoms with Crippen LogP contribution in [0.25, 0.3) is 0 Å². The zero-order valence-electron chi connectivity index (χ0n) is 11.7. The van der Waals surface area contributed by atoms with E-state index in [1.54, 1.807) is 0 Å². The number of carbonyl (C=O) groups is 1. The number of benzene rings is 1. The van der Waals surface area contributed by atoms with Gasteiger partial charge in [0, 0.05) is 13.1 Å². The summed E-state index contributed by atoms with van der Waals surface area (Å²) >= 11 is 0. The number of amidine groups is 1. The smallest absolute Gasteiger partial charge is 0.237 e. The largest absolute Gasteiger partial charge is 0.409 e. The molecule has 1 saturated heterocycles. The highest BCUT2D eigenvalue weighted by Gasteiger charge is 2.31. The number of nitrogens with zero attached hydrogens (tertiary/aromatic N) is 2. The van der Waals surface area contributed by atoms with E-state index in [2.05, 4.69) is 12.1 Å². The Kier molecular flexibility index (Phi) is 4.61. The molecule has 1 amide bonds. The fraction of sp³-hybridized carbons (Fsp3) is 0.467. The first kappa shape index (κ1) is 14.4. The number of rotatable bonds is 3. The summed E-state index contributed by atoms with van der Waals surface area (Å²) < 4.78 is 0. The van der Waals surface area contributed by atoms with Gasteiger partial charge in [-0.3, -0.25) is 4.79 Å². The third-order valence-corrected chi connectivity index (χ3v) is 3.76. The predicted molar refractivity (Wildman–Crippen MR) is 77.6 cm³/mol. The third kappa shape index (κ3) is 3.10. The van der Waals surface area contributed by atoms with E-state index in [-0.39, 0.29) is 11.7 Å². The first-order valence-electron chi connectivity index (χ1n) is 6.94. The Bertz CT molecular complexity index is 487. The van der Waals surface area contributed by atoms with E-state index in [4.69, 9.17) is 10.9 Å². The van der Waals surface area contributed by atoms with E-state index >= 15 is 0 Å². The Hall–Kier alpha value is -2.04. The number of nitrogens with two attached hydrogens (primary N) is 1. The molecule has 1 heterocycles. The number of oxime groups is 1. The molecule has 1 fully saturated rings.